The molecule has 0 aliphatic rings. The van der Waals surface area contributed by atoms with Crippen molar-refractivity contribution < 1.29 is 14.3 Å². The highest BCUT2D eigenvalue weighted by Gasteiger charge is 2.17. The second-order valence-electron chi connectivity index (χ2n) is 5.41. The number of allylic oxidation sites excluding steroid dienone is 1. The first kappa shape index (κ1) is 16.4. The predicted octanol–water partition coefficient (Wildman–Crippen LogP) is 0.616. The molecule has 5 N–H and O–H groups in total. The Morgan fingerprint density at radius 1 is 1.33 bits per heavy atom. The molecule has 8 nitrogen and oxygen atoms in total. The molecule has 0 unspecified atom stereocenters. The molecule has 0 radical (unpaired) electrons. The van der Waals surface area contributed by atoms with E-state index in [1.165, 1.54) is 19.2 Å². The third-order valence-electron chi connectivity index (χ3n) is 2.10. The normalized spacial score (nSPS) is 11.9. The molecule has 1 rings (SSSR count). The number of hydrogen-bond donors (Lipinski definition) is 3. The Morgan fingerprint density at radius 2 is 1.95 bits per heavy atom. The van der Waals surface area contributed by atoms with Gasteiger partial charge in [-0.3, -0.25) is 4.79 Å². The Kier molecular flexibility index (Phi) is 4.85. The minimum Gasteiger partial charge on any atom is -0.426 e. The molecular weight excluding hydrogens is 274 g/mol. The lowest BCUT2D eigenvalue weighted by Crippen LogP contribution is -2.39. The summed E-state index contributed by atoms with van der Waals surface area (Å²) in [5.74, 6) is -1.10. The van der Waals surface area contributed by atoms with E-state index in [2.05, 4.69) is 15.3 Å². The van der Waals surface area contributed by atoms with Gasteiger partial charge in [-0.1, -0.05) is 0 Å². The second-order valence-corrected chi connectivity index (χ2v) is 5.41. The molecule has 0 aliphatic carbocycles. The zero-order chi connectivity index (χ0) is 16.2. The van der Waals surface area contributed by atoms with Gasteiger partial charge in [0.1, 0.15) is 11.6 Å². The smallest absolute Gasteiger partial charge is 0.365 e. The highest BCUT2D eigenvalue weighted by Crippen LogP contribution is 2.11. The maximum absolute atomic E-state index is 11.8. The molecule has 0 saturated carbocycles. The topological polar surface area (TPSA) is 133 Å². The van der Waals surface area contributed by atoms with Crippen molar-refractivity contribution in [1.82, 2.24) is 15.3 Å². The van der Waals surface area contributed by atoms with Crippen molar-refractivity contribution in [2.24, 2.45) is 0 Å². The summed E-state index contributed by atoms with van der Waals surface area (Å²) in [5.41, 5.74) is 10.4. The number of hydrogen-bond acceptors (Lipinski definition) is 7. The molecule has 1 aromatic heterocycles. The first-order valence-corrected chi connectivity index (χ1v) is 6.19. The van der Waals surface area contributed by atoms with E-state index in [1.807, 2.05) is 20.8 Å². The fraction of sp³-hybridized carbons (Fsp3) is 0.385. The number of anilines is 2. The van der Waals surface area contributed by atoms with Crippen molar-refractivity contribution in [2.45, 2.75) is 33.2 Å². The largest absolute Gasteiger partial charge is 0.426 e. The van der Waals surface area contributed by atoms with E-state index in [9.17, 15) is 9.59 Å². The van der Waals surface area contributed by atoms with Crippen LogP contribution in [0.5, 0.6) is 0 Å². The molecule has 21 heavy (non-hydrogen) atoms. The van der Waals surface area contributed by atoms with E-state index in [0.29, 0.717) is 0 Å². The first-order chi connectivity index (χ1) is 9.58. The van der Waals surface area contributed by atoms with Gasteiger partial charge in [-0.2, -0.15) is 0 Å². The van der Waals surface area contributed by atoms with Crippen LogP contribution in [0.3, 0.4) is 0 Å². The summed E-state index contributed by atoms with van der Waals surface area (Å²) in [7, 11) is 0. The molecule has 8 heteroatoms. The Morgan fingerprint density at radius 3 is 2.48 bits per heavy atom. The monoisotopic (exact) mass is 293 g/mol. The summed E-state index contributed by atoms with van der Waals surface area (Å²) < 4.78 is 4.98. The minimum atomic E-state index is -0.808. The summed E-state index contributed by atoms with van der Waals surface area (Å²) in [6, 6.07) is 0. The summed E-state index contributed by atoms with van der Waals surface area (Å²) in [6.45, 7) is 6.99. The lowest BCUT2D eigenvalue weighted by molar-refractivity contribution is -0.117. The summed E-state index contributed by atoms with van der Waals surface area (Å²) in [6.07, 6.45) is 2.36. The maximum Gasteiger partial charge on any atom is 0.365 e. The molecular formula is C13H19N5O3. The van der Waals surface area contributed by atoms with Crippen LogP contribution in [0.1, 0.15) is 38.2 Å². The maximum atomic E-state index is 11.8. The molecule has 0 bridgehead atoms. The molecule has 0 aliphatic heterocycles. The average Bonchev–Trinajstić information content (AvgIpc) is 2.24. The van der Waals surface area contributed by atoms with E-state index >= 15 is 0 Å². The predicted molar refractivity (Wildman–Crippen MR) is 77.9 cm³/mol. The first-order valence-electron chi connectivity index (χ1n) is 6.19. The van der Waals surface area contributed by atoms with Gasteiger partial charge in [0.15, 0.2) is 11.5 Å². The van der Waals surface area contributed by atoms with E-state index in [-0.39, 0.29) is 34.5 Å². The van der Waals surface area contributed by atoms with Crippen LogP contribution in [0.25, 0.3) is 0 Å². The number of carbonyl (C=O) groups excluding carboxylic acids is 2. The Labute approximate surface area is 122 Å². The van der Waals surface area contributed by atoms with Crippen LogP contribution in [0, 0.1) is 0 Å². The lowest BCUT2D eigenvalue weighted by atomic mass is 10.1. The van der Waals surface area contributed by atoms with E-state index in [4.69, 9.17) is 16.2 Å². The van der Waals surface area contributed by atoms with Gasteiger partial charge >= 0.3 is 5.97 Å². The van der Waals surface area contributed by atoms with Gasteiger partial charge in [0, 0.05) is 11.6 Å². The van der Waals surface area contributed by atoms with Gasteiger partial charge in [-0.05, 0) is 27.7 Å². The standard InChI is InChI=1S/C13H19N5O3/c1-7(5-9(19)18-13(2,3)4)21-12(20)10-11(15)17-8(14)6-16-10/h5-6H,1-4H3,(H,18,19)(H4,14,15,17)/b7-5+. The molecule has 1 heterocycles. The average molecular weight is 293 g/mol. The number of nitrogens with one attached hydrogen (secondary N) is 1. The van der Waals surface area contributed by atoms with Gasteiger partial charge in [0.2, 0.25) is 5.91 Å². The quantitative estimate of drug-likeness (QED) is 0.422. The van der Waals surface area contributed by atoms with E-state index < -0.39 is 5.97 Å². The molecule has 1 aromatic rings. The number of esters is 1. The number of nitrogens with zero attached hydrogens (tertiary/aromatic N) is 2. The summed E-state index contributed by atoms with van der Waals surface area (Å²) in [4.78, 5) is 30.9. The Bertz CT molecular complexity index is 590. The zero-order valence-electron chi connectivity index (χ0n) is 12.4. The van der Waals surface area contributed by atoms with Gasteiger partial charge in [0.05, 0.1) is 6.20 Å². The molecule has 1 amide bonds. The summed E-state index contributed by atoms with van der Waals surface area (Å²) in [5, 5.41) is 2.71. The Hall–Kier alpha value is -2.64. The lowest BCUT2D eigenvalue weighted by Gasteiger charge is -2.19. The fourth-order valence-electron chi connectivity index (χ4n) is 1.39. The van der Waals surface area contributed by atoms with Gasteiger partial charge in [-0.15, -0.1) is 0 Å². The molecule has 0 saturated heterocycles. The zero-order valence-corrected chi connectivity index (χ0v) is 12.4. The van der Waals surface area contributed by atoms with Crippen LogP contribution in [0.2, 0.25) is 0 Å². The highest BCUT2D eigenvalue weighted by molar-refractivity contribution is 5.93. The molecule has 0 atom stereocenters. The van der Waals surface area contributed by atoms with Crippen LogP contribution >= 0.6 is 0 Å². The van der Waals surface area contributed by atoms with Crippen molar-refractivity contribution in [3.63, 3.8) is 0 Å². The number of nitrogens with two attached hydrogens (primary N) is 2. The number of amides is 1. The van der Waals surface area contributed by atoms with Gasteiger partial charge in [0.25, 0.3) is 0 Å². The number of aromatic nitrogens is 2. The van der Waals surface area contributed by atoms with Crippen LogP contribution < -0.4 is 16.8 Å². The molecule has 0 fully saturated rings. The van der Waals surface area contributed by atoms with Crippen molar-refractivity contribution in [2.75, 3.05) is 11.5 Å². The number of nitrogen functional groups attached to an aromatic ring is 2. The molecule has 0 spiro atoms. The van der Waals surface area contributed by atoms with Crippen LogP contribution in [-0.2, 0) is 9.53 Å². The van der Waals surface area contributed by atoms with Crippen molar-refractivity contribution in [3.8, 4) is 0 Å². The van der Waals surface area contributed by atoms with Gasteiger partial charge < -0.3 is 21.5 Å². The van der Waals surface area contributed by atoms with Crippen LogP contribution in [0.15, 0.2) is 18.0 Å². The third kappa shape index (κ3) is 5.47. The number of ether oxygens (including phenoxy) is 1. The molecule has 114 valence electrons. The van der Waals surface area contributed by atoms with Crippen LogP contribution in [-0.4, -0.2) is 27.4 Å². The van der Waals surface area contributed by atoms with Crippen molar-refractivity contribution in [1.29, 1.82) is 0 Å². The van der Waals surface area contributed by atoms with Crippen molar-refractivity contribution in [3.05, 3.63) is 23.7 Å². The van der Waals surface area contributed by atoms with Crippen LogP contribution in [0.4, 0.5) is 11.6 Å². The molecule has 0 aromatic carbocycles. The highest BCUT2D eigenvalue weighted by atomic mass is 16.5. The Balaban J connectivity index is 2.76. The van der Waals surface area contributed by atoms with E-state index in [1.54, 1.807) is 0 Å². The SMILES string of the molecule is C/C(=C\C(=O)NC(C)(C)C)OC(=O)c1ncc(N)nc1N. The third-order valence-corrected chi connectivity index (χ3v) is 2.10. The van der Waals surface area contributed by atoms with Crippen molar-refractivity contribution >= 4 is 23.5 Å². The fourth-order valence-corrected chi connectivity index (χ4v) is 1.39. The van der Waals surface area contributed by atoms with Gasteiger partial charge in [-0.25, -0.2) is 14.8 Å². The minimum absolute atomic E-state index is 0.0980. The summed E-state index contributed by atoms with van der Waals surface area (Å²) >= 11 is 0. The second kappa shape index (κ2) is 6.21. The number of rotatable bonds is 3. The number of carbonyl (C=O) groups is 2. The van der Waals surface area contributed by atoms with E-state index in [0.717, 1.165) is 0 Å².